The van der Waals surface area contributed by atoms with Crippen molar-refractivity contribution in [2.45, 2.75) is 30.6 Å². The third-order valence-electron chi connectivity index (χ3n) is 11.4. The molecular formula is C45H32N2. The molecule has 222 valence electrons. The van der Waals surface area contributed by atoms with Crippen molar-refractivity contribution >= 4 is 44.4 Å². The van der Waals surface area contributed by atoms with Crippen LogP contribution in [0.4, 0.5) is 0 Å². The van der Waals surface area contributed by atoms with E-state index in [1.54, 1.807) is 0 Å². The van der Waals surface area contributed by atoms with Crippen LogP contribution in [0.5, 0.6) is 0 Å². The molecule has 0 spiro atoms. The lowest BCUT2D eigenvalue weighted by Crippen LogP contribution is -2.19. The molecule has 1 fully saturated rings. The van der Waals surface area contributed by atoms with E-state index >= 15 is 0 Å². The number of benzene rings is 5. The van der Waals surface area contributed by atoms with Gasteiger partial charge in [-0.3, -0.25) is 4.40 Å². The zero-order chi connectivity index (χ0) is 30.7. The van der Waals surface area contributed by atoms with Gasteiger partial charge in [0.05, 0.1) is 16.6 Å². The molecule has 11 rings (SSSR count). The Morgan fingerprint density at radius 3 is 2.51 bits per heavy atom. The van der Waals surface area contributed by atoms with Gasteiger partial charge in [0.1, 0.15) is 5.65 Å². The zero-order valence-electron chi connectivity index (χ0n) is 26.0. The second kappa shape index (κ2) is 9.30. The fraction of sp³-hybridized carbons (Fsp3) is 0.133. The van der Waals surface area contributed by atoms with Crippen molar-refractivity contribution in [1.82, 2.24) is 9.38 Å². The molecule has 0 amide bonds. The van der Waals surface area contributed by atoms with Gasteiger partial charge in [-0.25, -0.2) is 4.98 Å². The maximum absolute atomic E-state index is 5.13. The molecule has 4 aliphatic rings. The van der Waals surface area contributed by atoms with Gasteiger partial charge in [-0.05, 0) is 99.0 Å². The molecule has 0 bridgehead atoms. The summed E-state index contributed by atoms with van der Waals surface area (Å²) < 4.78 is 2.35. The number of allylic oxidation sites excluding steroid dienone is 7. The van der Waals surface area contributed by atoms with Crippen LogP contribution in [0, 0.1) is 5.92 Å². The molecule has 2 nitrogen and oxygen atoms in total. The number of aromatic nitrogens is 2. The van der Waals surface area contributed by atoms with E-state index in [1.807, 2.05) is 0 Å². The van der Waals surface area contributed by atoms with E-state index < -0.39 is 0 Å². The van der Waals surface area contributed by atoms with Gasteiger partial charge in [-0.1, -0.05) is 127 Å². The van der Waals surface area contributed by atoms with Crippen molar-refractivity contribution in [3.8, 4) is 11.1 Å². The van der Waals surface area contributed by atoms with Crippen LogP contribution in [0.25, 0.3) is 55.6 Å². The molecule has 0 saturated heterocycles. The van der Waals surface area contributed by atoms with Crippen LogP contribution in [-0.4, -0.2) is 9.38 Å². The minimum Gasteiger partial charge on any atom is -0.292 e. The molecule has 5 aromatic carbocycles. The lowest BCUT2D eigenvalue weighted by Gasteiger charge is -2.32. The van der Waals surface area contributed by atoms with Gasteiger partial charge in [0.15, 0.2) is 0 Å². The van der Waals surface area contributed by atoms with E-state index in [4.69, 9.17) is 4.98 Å². The molecule has 1 saturated carbocycles. The fourth-order valence-electron chi connectivity index (χ4n) is 9.39. The molecule has 4 aliphatic carbocycles. The van der Waals surface area contributed by atoms with Gasteiger partial charge in [0, 0.05) is 16.4 Å². The molecule has 3 unspecified atom stereocenters. The Labute approximate surface area is 273 Å². The summed E-state index contributed by atoms with van der Waals surface area (Å²) in [6, 6.07) is 40.2. The van der Waals surface area contributed by atoms with Crippen molar-refractivity contribution in [3.63, 3.8) is 0 Å². The monoisotopic (exact) mass is 600 g/mol. The SMILES string of the molecule is C1=CC(C23CC2c2ccccc2-c2ccc4ccccc4c23)=C/C(=C\C2C=Cc3c(c4ccccc4n4c3nc3ccccc34)C2)C1. The first kappa shape index (κ1) is 25.7. The van der Waals surface area contributed by atoms with Gasteiger partial charge in [-0.15, -0.1) is 0 Å². The van der Waals surface area contributed by atoms with E-state index in [1.165, 1.54) is 78.1 Å². The number of imidazole rings is 1. The summed E-state index contributed by atoms with van der Waals surface area (Å²) in [6.07, 6.45) is 17.8. The summed E-state index contributed by atoms with van der Waals surface area (Å²) in [5.41, 5.74) is 16.0. The maximum Gasteiger partial charge on any atom is 0.146 e. The van der Waals surface area contributed by atoms with Crippen LogP contribution in [0.1, 0.15) is 41.0 Å². The number of pyridine rings is 1. The van der Waals surface area contributed by atoms with Gasteiger partial charge in [-0.2, -0.15) is 0 Å². The number of rotatable bonds is 2. The summed E-state index contributed by atoms with van der Waals surface area (Å²) in [4.78, 5) is 5.13. The number of hydrogen-bond donors (Lipinski definition) is 0. The largest absolute Gasteiger partial charge is 0.292 e. The van der Waals surface area contributed by atoms with Crippen molar-refractivity contribution in [3.05, 3.63) is 173 Å². The summed E-state index contributed by atoms with van der Waals surface area (Å²) >= 11 is 0. The van der Waals surface area contributed by atoms with Crippen LogP contribution in [0.2, 0.25) is 0 Å². The summed E-state index contributed by atoms with van der Waals surface area (Å²) in [6.45, 7) is 0. The molecule has 0 N–H and O–H groups in total. The molecule has 47 heavy (non-hydrogen) atoms. The van der Waals surface area contributed by atoms with Crippen molar-refractivity contribution in [2.75, 3.05) is 0 Å². The zero-order valence-corrected chi connectivity index (χ0v) is 26.0. The van der Waals surface area contributed by atoms with Gasteiger partial charge in [0.2, 0.25) is 0 Å². The Kier molecular flexibility index (Phi) is 5.08. The lowest BCUT2D eigenvalue weighted by atomic mass is 9.71. The highest BCUT2D eigenvalue weighted by Crippen LogP contribution is 2.71. The van der Waals surface area contributed by atoms with Crippen LogP contribution >= 0.6 is 0 Å². The second-order valence-corrected chi connectivity index (χ2v) is 13.9. The summed E-state index contributed by atoms with van der Waals surface area (Å²) in [5, 5.41) is 4.07. The first-order valence-corrected chi connectivity index (χ1v) is 17.0. The minimum atomic E-state index is 0.0278. The average Bonchev–Trinajstić information content (AvgIpc) is 3.78. The first-order valence-electron chi connectivity index (χ1n) is 17.0. The number of hydrogen-bond acceptors (Lipinski definition) is 1. The average molecular weight is 601 g/mol. The molecule has 0 aliphatic heterocycles. The third kappa shape index (κ3) is 3.48. The number of para-hydroxylation sites is 3. The van der Waals surface area contributed by atoms with E-state index in [9.17, 15) is 0 Å². The molecule has 0 radical (unpaired) electrons. The van der Waals surface area contributed by atoms with Gasteiger partial charge >= 0.3 is 0 Å². The quantitative estimate of drug-likeness (QED) is 0.193. The molecule has 2 heterocycles. The second-order valence-electron chi connectivity index (χ2n) is 13.9. The lowest BCUT2D eigenvalue weighted by molar-refractivity contribution is 0.781. The van der Waals surface area contributed by atoms with Gasteiger partial charge < -0.3 is 0 Å². The summed E-state index contributed by atoms with van der Waals surface area (Å²) in [7, 11) is 0. The minimum absolute atomic E-state index is 0.0278. The predicted molar refractivity (Wildman–Crippen MR) is 195 cm³/mol. The predicted octanol–water partition coefficient (Wildman–Crippen LogP) is 10.9. The van der Waals surface area contributed by atoms with Crippen molar-refractivity contribution < 1.29 is 0 Å². The van der Waals surface area contributed by atoms with Crippen molar-refractivity contribution in [2.24, 2.45) is 5.92 Å². The Morgan fingerprint density at radius 1 is 0.745 bits per heavy atom. The molecular weight excluding hydrogens is 569 g/mol. The Hall–Kier alpha value is -5.47. The third-order valence-corrected chi connectivity index (χ3v) is 11.4. The van der Waals surface area contributed by atoms with E-state index in [0.717, 1.165) is 24.0 Å². The van der Waals surface area contributed by atoms with E-state index in [2.05, 4.69) is 150 Å². The smallest absolute Gasteiger partial charge is 0.146 e. The standard InChI is InChI=1S/C45H32N2/c1-2-13-32-30(11-1)21-23-36-33-14-3-4-15-34(33)39-27-45(39,43(32)36)31-12-9-10-28(25-31)24-29-20-22-37-38(26-29)35-16-5-7-18-41(35)47-42-19-8-6-17-40(42)46-44(37)47/h1-9,11-25,29,39H,10,26-27H2/b28-24-. The number of fused-ring (bicyclic) bond motifs is 16. The highest BCUT2D eigenvalue weighted by molar-refractivity contribution is 5.99. The first-order chi connectivity index (χ1) is 23.3. The van der Waals surface area contributed by atoms with E-state index in [-0.39, 0.29) is 5.41 Å². The topological polar surface area (TPSA) is 17.3 Å². The fourth-order valence-corrected chi connectivity index (χ4v) is 9.39. The molecule has 2 heteroatoms. The van der Waals surface area contributed by atoms with Crippen LogP contribution in [0.15, 0.2) is 151 Å². The van der Waals surface area contributed by atoms with Gasteiger partial charge in [0.25, 0.3) is 0 Å². The Bertz CT molecular complexity index is 2630. The Balaban J connectivity index is 1.03. The molecule has 3 atom stereocenters. The van der Waals surface area contributed by atoms with Crippen LogP contribution in [-0.2, 0) is 11.8 Å². The van der Waals surface area contributed by atoms with Crippen molar-refractivity contribution in [1.29, 1.82) is 0 Å². The highest BCUT2D eigenvalue weighted by atomic mass is 15.0. The number of nitrogens with zero attached hydrogens (tertiary/aromatic N) is 2. The molecule has 7 aromatic rings. The van der Waals surface area contributed by atoms with Crippen LogP contribution in [0.3, 0.4) is 0 Å². The highest BCUT2D eigenvalue weighted by Gasteiger charge is 2.61. The van der Waals surface area contributed by atoms with E-state index in [0.29, 0.717) is 11.8 Å². The Morgan fingerprint density at radius 2 is 1.55 bits per heavy atom. The normalized spacial score (nSPS) is 23.1. The summed E-state index contributed by atoms with van der Waals surface area (Å²) in [5.74, 6) is 0.858. The maximum atomic E-state index is 5.13. The molecule has 2 aromatic heterocycles. The van der Waals surface area contributed by atoms with Crippen LogP contribution < -0.4 is 0 Å².